The lowest BCUT2D eigenvalue weighted by molar-refractivity contribution is 0.0635. The van der Waals surface area contributed by atoms with Crippen LogP contribution in [0.1, 0.15) is 38.1 Å². The molecule has 2 aromatic heterocycles. The topological polar surface area (TPSA) is 102 Å². The second kappa shape index (κ2) is 8.97. The van der Waals surface area contributed by atoms with Crippen LogP contribution in [-0.4, -0.2) is 33.5 Å². The Balaban J connectivity index is 1.81. The van der Waals surface area contributed by atoms with Gasteiger partial charge in [-0.15, -0.1) is 0 Å². The predicted octanol–water partition coefficient (Wildman–Crippen LogP) is 4.61. The van der Waals surface area contributed by atoms with Gasteiger partial charge in [0, 0.05) is 18.3 Å². The number of pyridine rings is 1. The van der Waals surface area contributed by atoms with Crippen molar-refractivity contribution in [1.29, 1.82) is 0 Å². The standard InChI is InChI=1S/C26H26N4O4/c1-5-27-23(31)18-10-8-14-30-22(18)28-21-13-12-16(15-19(21)24(30)32)17-9-6-7-11-20(17)29-25(33)34-26(2,3)4/h6-15H,5H2,1-4H3,(H,27,31)(H,29,33). The molecular formula is C26H26N4O4. The number of ether oxygens (including phenoxy) is 1. The molecule has 0 bridgehead atoms. The van der Waals surface area contributed by atoms with Crippen LogP contribution >= 0.6 is 0 Å². The molecule has 0 aliphatic heterocycles. The van der Waals surface area contributed by atoms with Gasteiger partial charge in [0.05, 0.1) is 22.2 Å². The van der Waals surface area contributed by atoms with E-state index < -0.39 is 11.7 Å². The van der Waals surface area contributed by atoms with Gasteiger partial charge in [0.25, 0.3) is 11.5 Å². The van der Waals surface area contributed by atoms with Gasteiger partial charge in [0.15, 0.2) is 5.65 Å². The molecule has 2 heterocycles. The fourth-order valence-corrected chi connectivity index (χ4v) is 3.68. The highest BCUT2D eigenvalue weighted by molar-refractivity contribution is 6.01. The number of carbonyl (C=O) groups excluding carboxylic acids is 2. The maximum atomic E-state index is 13.3. The minimum Gasteiger partial charge on any atom is -0.444 e. The molecule has 2 N–H and O–H groups in total. The van der Waals surface area contributed by atoms with Gasteiger partial charge < -0.3 is 10.1 Å². The Morgan fingerprint density at radius 3 is 2.56 bits per heavy atom. The van der Waals surface area contributed by atoms with Crippen LogP contribution in [0.5, 0.6) is 0 Å². The van der Waals surface area contributed by atoms with E-state index in [4.69, 9.17) is 4.74 Å². The van der Waals surface area contributed by atoms with E-state index in [0.29, 0.717) is 34.3 Å². The van der Waals surface area contributed by atoms with E-state index in [1.54, 1.807) is 57.3 Å². The zero-order valence-electron chi connectivity index (χ0n) is 19.5. The average molecular weight is 459 g/mol. The maximum absolute atomic E-state index is 13.3. The Hall–Kier alpha value is -4.20. The monoisotopic (exact) mass is 458 g/mol. The van der Waals surface area contributed by atoms with Crippen LogP contribution in [0.3, 0.4) is 0 Å². The molecular weight excluding hydrogens is 432 g/mol. The number of nitrogens with zero attached hydrogens (tertiary/aromatic N) is 2. The molecule has 8 heteroatoms. The summed E-state index contributed by atoms with van der Waals surface area (Å²) in [4.78, 5) is 42.7. The first-order chi connectivity index (χ1) is 16.2. The Kier molecular flexibility index (Phi) is 6.06. The van der Waals surface area contributed by atoms with Gasteiger partial charge in [-0.3, -0.25) is 19.3 Å². The fraction of sp³-hybridized carbons (Fsp3) is 0.231. The van der Waals surface area contributed by atoms with Gasteiger partial charge >= 0.3 is 6.09 Å². The summed E-state index contributed by atoms with van der Waals surface area (Å²) in [7, 11) is 0. The van der Waals surface area contributed by atoms with Crippen molar-refractivity contribution in [3.05, 3.63) is 76.7 Å². The van der Waals surface area contributed by atoms with Crippen molar-refractivity contribution in [2.75, 3.05) is 11.9 Å². The van der Waals surface area contributed by atoms with Crippen LogP contribution in [0.15, 0.2) is 65.6 Å². The van der Waals surface area contributed by atoms with E-state index in [9.17, 15) is 14.4 Å². The van der Waals surface area contributed by atoms with Crippen LogP contribution in [0.25, 0.3) is 27.7 Å². The number of amides is 2. The third kappa shape index (κ3) is 4.61. The maximum Gasteiger partial charge on any atom is 0.412 e. The fourth-order valence-electron chi connectivity index (χ4n) is 3.68. The van der Waals surface area contributed by atoms with Gasteiger partial charge in [0.1, 0.15) is 5.60 Å². The molecule has 174 valence electrons. The summed E-state index contributed by atoms with van der Waals surface area (Å²) in [5.74, 6) is -0.286. The van der Waals surface area contributed by atoms with E-state index in [2.05, 4.69) is 15.6 Å². The Labute approximate surface area is 196 Å². The molecule has 0 spiro atoms. The normalized spacial score (nSPS) is 11.4. The number of anilines is 1. The summed E-state index contributed by atoms with van der Waals surface area (Å²) in [6.45, 7) is 7.69. The van der Waals surface area contributed by atoms with Crippen LogP contribution < -0.4 is 16.2 Å². The lowest BCUT2D eigenvalue weighted by Gasteiger charge is -2.20. The predicted molar refractivity (Wildman–Crippen MR) is 132 cm³/mol. The Morgan fingerprint density at radius 2 is 1.82 bits per heavy atom. The van der Waals surface area contributed by atoms with Gasteiger partial charge in [-0.25, -0.2) is 9.78 Å². The third-order valence-corrected chi connectivity index (χ3v) is 5.09. The van der Waals surface area contributed by atoms with E-state index in [-0.39, 0.29) is 11.5 Å². The summed E-state index contributed by atoms with van der Waals surface area (Å²) in [6.07, 6.45) is 1.03. The number of hydrogen-bond acceptors (Lipinski definition) is 5. The zero-order valence-corrected chi connectivity index (χ0v) is 19.5. The molecule has 4 aromatic rings. The highest BCUT2D eigenvalue weighted by Crippen LogP contribution is 2.30. The van der Waals surface area contributed by atoms with E-state index in [1.807, 2.05) is 31.2 Å². The number of hydrogen-bond donors (Lipinski definition) is 2. The van der Waals surface area contributed by atoms with Crippen molar-refractivity contribution >= 4 is 34.2 Å². The number of carbonyl (C=O) groups is 2. The van der Waals surface area contributed by atoms with Crippen LogP contribution in [0.4, 0.5) is 10.5 Å². The molecule has 2 aromatic carbocycles. The zero-order chi connectivity index (χ0) is 24.5. The average Bonchev–Trinajstić information content (AvgIpc) is 2.78. The third-order valence-electron chi connectivity index (χ3n) is 5.09. The molecule has 4 rings (SSSR count). The molecule has 2 amide bonds. The minimum absolute atomic E-state index is 0.286. The first-order valence-electron chi connectivity index (χ1n) is 11.0. The number of benzene rings is 2. The molecule has 0 saturated heterocycles. The van der Waals surface area contributed by atoms with Crippen molar-refractivity contribution in [3.63, 3.8) is 0 Å². The summed E-state index contributed by atoms with van der Waals surface area (Å²) in [6, 6.07) is 15.9. The second-order valence-corrected chi connectivity index (χ2v) is 8.80. The van der Waals surface area contributed by atoms with Gasteiger partial charge in [0.2, 0.25) is 0 Å². The molecule has 0 saturated carbocycles. The highest BCUT2D eigenvalue weighted by atomic mass is 16.6. The lowest BCUT2D eigenvalue weighted by atomic mass is 10.0. The van der Waals surface area contributed by atoms with E-state index in [1.165, 1.54) is 4.40 Å². The molecule has 8 nitrogen and oxygen atoms in total. The van der Waals surface area contributed by atoms with Crippen molar-refractivity contribution in [2.24, 2.45) is 0 Å². The van der Waals surface area contributed by atoms with Crippen molar-refractivity contribution in [3.8, 4) is 11.1 Å². The van der Waals surface area contributed by atoms with Crippen molar-refractivity contribution < 1.29 is 14.3 Å². The number of aromatic nitrogens is 2. The van der Waals surface area contributed by atoms with Crippen molar-refractivity contribution in [2.45, 2.75) is 33.3 Å². The minimum atomic E-state index is -0.629. The number of fused-ring (bicyclic) bond motifs is 2. The van der Waals surface area contributed by atoms with E-state index >= 15 is 0 Å². The first-order valence-corrected chi connectivity index (χ1v) is 11.0. The van der Waals surface area contributed by atoms with Crippen LogP contribution in [0.2, 0.25) is 0 Å². The Morgan fingerprint density at radius 1 is 1.06 bits per heavy atom. The second-order valence-electron chi connectivity index (χ2n) is 8.80. The molecule has 0 atom stereocenters. The molecule has 0 unspecified atom stereocenters. The molecule has 34 heavy (non-hydrogen) atoms. The quantitative estimate of drug-likeness (QED) is 0.435. The molecule has 0 fully saturated rings. The smallest absolute Gasteiger partial charge is 0.412 e. The first kappa shape index (κ1) is 23.0. The molecule has 0 radical (unpaired) electrons. The summed E-state index contributed by atoms with van der Waals surface area (Å²) in [5.41, 5.74) is 2.21. The van der Waals surface area contributed by atoms with Crippen LogP contribution in [0, 0.1) is 0 Å². The van der Waals surface area contributed by atoms with Gasteiger partial charge in [-0.2, -0.15) is 0 Å². The molecule has 0 aliphatic rings. The summed E-state index contributed by atoms with van der Waals surface area (Å²) in [5, 5.41) is 5.93. The number of para-hydroxylation sites is 1. The molecule has 0 aliphatic carbocycles. The lowest BCUT2D eigenvalue weighted by Crippen LogP contribution is -2.27. The number of nitrogens with one attached hydrogen (secondary N) is 2. The van der Waals surface area contributed by atoms with Crippen molar-refractivity contribution in [1.82, 2.24) is 14.7 Å². The van der Waals surface area contributed by atoms with Gasteiger partial charge in [-0.05, 0) is 63.6 Å². The summed E-state index contributed by atoms with van der Waals surface area (Å²) >= 11 is 0. The SMILES string of the molecule is CCNC(=O)c1cccn2c(=O)c3cc(-c4ccccc4NC(=O)OC(C)(C)C)ccc3nc12. The van der Waals surface area contributed by atoms with Crippen LogP contribution in [-0.2, 0) is 4.74 Å². The van der Waals surface area contributed by atoms with E-state index in [0.717, 1.165) is 11.1 Å². The summed E-state index contributed by atoms with van der Waals surface area (Å²) < 4.78 is 6.75. The number of rotatable bonds is 4. The largest absolute Gasteiger partial charge is 0.444 e. The highest BCUT2D eigenvalue weighted by Gasteiger charge is 2.18. The Bertz CT molecular complexity index is 1470. The van der Waals surface area contributed by atoms with Gasteiger partial charge in [-0.1, -0.05) is 24.3 Å².